The van der Waals surface area contributed by atoms with Crippen LogP contribution < -0.4 is 4.72 Å². The molecule has 3 rings (SSSR count). The number of hydrogen-bond acceptors (Lipinski definition) is 6. The van der Waals surface area contributed by atoms with Gasteiger partial charge in [-0.3, -0.25) is 0 Å². The van der Waals surface area contributed by atoms with E-state index in [2.05, 4.69) is 9.71 Å². The van der Waals surface area contributed by atoms with Crippen LogP contribution in [0.5, 0.6) is 0 Å². The molecule has 6 nitrogen and oxygen atoms in total. The average Bonchev–Trinajstić information content (AvgIpc) is 3.25. The van der Waals surface area contributed by atoms with Crippen LogP contribution in [0.25, 0.3) is 0 Å². The Hall–Kier alpha value is -1.52. The van der Waals surface area contributed by atoms with Gasteiger partial charge in [0.15, 0.2) is 5.03 Å². The van der Waals surface area contributed by atoms with E-state index in [9.17, 15) is 13.5 Å². The normalized spacial score (nSPS) is 14.7. The lowest BCUT2D eigenvalue weighted by Crippen LogP contribution is -2.41. The molecule has 3 aromatic heterocycles. The number of rotatable bonds is 6. The summed E-state index contributed by atoms with van der Waals surface area (Å²) in [5.41, 5.74) is -0.746. The molecule has 0 saturated carbocycles. The summed E-state index contributed by atoms with van der Waals surface area (Å²) in [4.78, 5) is 4.53. The fraction of sp³-hybridized carbons (Fsp3) is 0.214. The van der Waals surface area contributed by atoms with Gasteiger partial charge in [-0.1, -0.05) is 6.07 Å². The number of aryl methyl sites for hydroxylation is 1. The predicted molar refractivity (Wildman–Crippen MR) is 90.0 cm³/mol. The molecule has 0 unspecified atom stereocenters. The van der Waals surface area contributed by atoms with Crippen LogP contribution in [0.4, 0.5) is 0 Å². The van der Waals surface area contributed by atoms with Crippen molar-refractivity contribution in [3.05, 3.63) is 57.3 Å². The highest BCUT2D eigenvalue weighted by molar-refractivity contribution is 7.89. The lowest BCUT2D eigenvalue weighted by Gasteiger charge is -2.26. The van der Waals surface area contributed by atoms with Crippen molar-refractivity contribution in [3.8, 4) is 0 Å². The highest BCUT2D eigenvalue weighted by atomic mass is 32.2. The Kier molecular flexibility index (Phi) is 4.39. The van der Waals surface area contributed by atoms with Gasteiger partial charge in [0.25, 0.3) is 10.0 Å². The molecule has 9 heteroatoms. The summed E-state index contributed by atoms with van der Waals surface area (Å²) < 4.78 is 28.7. The van der Waals surface area contributed by atoms with Gasteiger partial charge in [-0.15, -0.1) is 11.3 Å². The van der Waals surface area contributed by atoms with Crippen LogP contribution in [-0.2, 0) is 22.7 Å². The van der Waals surface area contributed by atoms with Gasteiger partial charge in [-0.05, 0) is 28.3 Å². The number of nitrogens with one attached hydrogen (secondary N) is 1. The van der Waals surface area contributed by atoms with Crippen molar-refractivity contribution in [3.63, 3.8) is 0 Å². The van der Waals surface area contributed by atoms with Crippen molar-refractivity contribution in [2.75, 3.05) is 6.54 Å². The zero-order chi connectivity index (χ0) is 16.5. The van der Waals surface area contributed by atoms with E-state index < -0.39 is 15.6 Å². The summed E-state index contributed by atoms with van der Waals surface area (Å²) in [5, 5.41) is 16.6. The largest absolute Gasteiger partial charge is 0.378 e. The molecule has 0 spiro atoms. The van der Waals surface area contributed by atoms with Gasteiger partial charge in [0.2, 0.25) is 0 Å². The number of thiophene rings is 2. The molecule has 0 fully saturated rings. The molecule has 1 atom stereocenters. The van der Waals surface area contributed by atoms with Crippen molar-refractivity contribution >= 4 is 32.7 Å². The molecule has 0 bridgehead atoms. The van der Waals surface area contributed by atoms with Crippen molar-refractivity contribution in [2.24, 2.45) is 7.05 Å². The quantitative estimate of drug-likeness (QED) is 0.693. The maximum Gasteiger partial charge on any atom is 0.259 e. The first-order chi connectivity index (χ1) is 10.9. The molecule has 0 saturated heterocycles. The molecule has 23 heavy (non-hydrogen) atoms. The van der Waals surface area contributed by atoms with Crippen molar-refractivity contribution in [1.82, 2.24) is 14.3 Å². The first kappa shape index (κ1) is 16.3. The van der Waals surface area contributed by atoms with E-state index in [1.54, 1.807) is 23.7 Å². The zero-order valence-electron chi connectivity index (χ0n) is 12.2. The van der Waals surface area contributed by atoms with Gasteiger partial charge in [-0.2, -0.15) is 11.3 Å². The lowest BCUT2D eigenvalue weighted by molar-refractivity contribution is 0.0903. The fourth-order valence-corrected chi connectivity index (χ4v) is 4.75. The van der Waals surface area contributed by atoms with E-state index in [4.69, 9.17) is 0 Å². The third-order valence-corrected chi connectivity index (χ3v) is 6.39. The minimum atomic E-state index is -3.79. The SMILES string of the molecule is Cn1cnc(S(=O)(=O)NC[C@@](O)(c2ccsc2)c2cccs2)c1. The van der Waals surface area contributed by atoms with E-state index in [1.165, 1.54) is 35.2 Å². The molecule has 0 amide bonds. The molecule has 3 aromatic rings. The minimum absolute atomic E-state index is 0.0705. The number of aliphatic hydroxyl groups is 1. The maximum absolute atomic E-state index is 12.3. The second kappa shape index (κ2) is 6.17. The Morgan fingerprint density at radius 1 is 1.39 bits per heavy atom. The van der Waals surface area contributed by atoms with Gasteiger partial charge in [0.1, 0.15) is 5.60 Å². The van der Waals surface area contributed by atoms with Crippen LogP contribution in [0.1, 0.15) is 10.4 Å². The second-order valence-corrected chi connectivity index (χ2v) is 8.49. The Morgan fingerprint density at radius 3 is 2.78 bits per heavy atom. The van der Waals surface area contributed by atoms with Crippen LogP contribution in [0, 0.1) is 0 Å². The molecular weight excluding hydrogens is 354 g/mol. The Balaban J connectivity index is 1.89. The third-order valence-electron chi connectivity index (χ3n) is 3.40. The van der Waals surface area contributed by atoms with Crippen LogP contribution in [0.2, 0.25) is 0 Å². The summed E-state index contributed by atoms with van der Waals surface area (Å²) in [6.07, 6.45) is 2.83. The van der Waals surface area contributed by atoms with E-state index in [0.717, 1.165) is 0 Å². The maximum atomic E-state index is 12.3. The van der Waals surface area contributed by atoms with Gasteiger partial charge in [0, 0.05) is 30.2 Å². The molecule has 0 aliphatic heterocycles. The topological polar surface area (TPSA) is 84.2 Å². The minimum Gasteiger partial charge on any atom is -0.378 e. The second-order valence-electron chi connectivity index (χ2n) is 5.05. The van der Waals surface area contributed by atoms with Crippen molar-refractivity contribution in [2.45, 2.75) is 10.6 Å². The molecule has 3 heterocycles. The zero-order valence-corrected chi connectivity index (χ0v) is 14.7. The number of hydrogen-bond donors (Lipinski definition) is 2. The van der Waals surface area contributed by atoms with Gasteiger partial charge < -0.3 is 9.67 Å². The Morgan fingerprint density at radius 2 is 2.22 bits per heavy atom. The summed E-state index contributed by atoms with van der Waals surface area (Å²) >= 11 is 2.83. The highest BCUT2D eigenvalue weighted by Crippen LogP contribution is 2.33. The summed E-state index contributed by atoms with van der Waals surface area (Å²) in [6, 6.07) is 5.40. The van der Waals surface area contributed by atoms with Crippen molar-refractivity contribution in [1.29, 1.82) is 0 Å². The molecule has 0 radical (unpaired) electrons. The van der Waals surface area contributed by atoms with Gasteiger partial charge in [-0.25, -0.2) is 18.1 Å². The van der Waals surface area contributed by atoms with Crippen LogP contribution in [-0.4, -0.2) is 29.6 Å². The number of sulfonamides is 1. The first-order valence-corrected chi connectivity index (χ1v) is 9.99. The molecular formula is C14H15N3O3S3. The monoisotopic (exact) mass is 369 g/mol. The van der Waals surface area contributed by atoms with E-state index >= 15 is 0 Å². The fourth-order valence-electron chi connectivity index (χ4n) is 2.15. The standard InChI is InChI=1S/C14H15N3O3S3/c1-17-7-13(15-10-17)23(19,20)16-9-14(18,11-4-6-21-8-11)12-3-2-5-22-12/h2-8,10,16,18H,9H2,1H3/t14-/m1/s1. The smallest absolute Gasteiger partial charge is 0.259 e. The van der Waals surface area contributed by atoms with Crippen LogP contribution >= 0.6 is 22.7 Å². The van der Waals surface area contributed by atoms with Crippen molar-refractivity contribution < 1.29 is 13.5 Å². The number of imidazole rings is 1. The summed E-state index contributed by atoms with van der Waals surface area (Å²) in [5.74, 6) is 0. The molecule has 122 valence electrons. The number of aromatic nitrogens is 2. The van der Waals surface area contributed by atoms with Gasteiger partial charge in [0.05, 0.1) is 6.33 Å². The van der Waals surface area contributed by atoms with E-state index in [0.29, 0.717) is 10.4 Å². The van der Waals surface area contributed by atoms with E-state index in [1.807, 2.05) is 22.2 Å². The first-order valence-electron chi connectivity index (χ1n) is 6.68. The molecule has 2 N–H and O–H groups in total. The highest BCUT2D eigenvalue weighted by Gasteiger charge is 2.35. The summed E-state index contributed by atoms with van der Waals surface area (Å²) in [6.45, 7) is -0.164. The molecule has 0 aromatic carbocycles. The van der Waals surface area contributed by atoms with Gasteiger partial charge >= 0.3 is 0 Å². The third kappa shape index (κ3) is 3.24. The summed E-state index contributed by atoms with van der Waals surface area (Å²) in [7, 11) is -2.09. The Bertz CT molecular complexity index is 833. The lowest BCUT2D eigenvalue weighted by atomic mass is 9.95. The number of nitrogens with zero attached hydrogens (tertiary/aromatic N) is 2. The van der Waals surface area contributed by atoms with Crippen LogP contribution in [0.15, 0.2) is 51.9 Å². The van der Waals surface area contributed by atoms with Crippen LogP contribution in [0.3, 0.4) is 0 Å². The predicted octanol–water partition coefficient (Wildman–Crippen LogP) is 1.76. The Labute approximate surface area is 142 Å². The molecule has 0 aliphatic carbocycles. The molecule has 0 aliphatic rings. The van der Waals surface area contributed by atoms with E-state index in [-0.39, 0.29) is 11.6 Å². The average molecular weight is 369 g/mol.